The minimum Gasteiger partial charge on any atom is -0.363 e. The fraction of sp³-hybridized carbons (Fsp3) is 0.296. The van der Waals surface area contributed by atoms with Crippen molar-refractivity contribution in [1.29, 1.82) is 0 Å². The van der Waals surface area contributed by atoms with Gasteiger partial charge in [-0.05, 0) is 67.6 Å². The number of aliphatic hydroxyl groups is 1. The molecule has 2 unspecified atom stereocenters. The predicted molar refractivity (Wildman–Crippen MR) is 140 cm³/mol. The van der Waals surface area contributed by atoms with Crippen LogP contribution in [0.3, 0.4) is 0 Å². The molecule has 1 amide bonds. The topological polar surface area (TPSA) is 77.7 Å². The van der Waals surface area contributed by atoms with E-state index < -0.39 is 6.29 Å². The molecular formula is C27H28N4O3S. The van der Waals surface area contributed by atoms with Gasteiger partial charge < -0.3 is 9.84 Å². The van der Waals surface area contributed by atoms with E-state index in [2.05, 4.69) is 36.3 Å². The smallest absolute Gasteiger partial charge is 0.283 e. The van der Waals surface area contributed by atoms with E-state index >= 15 is 0 Å². The number of allylic oxidation sites excluding steroid dienone is 7. The molecule has 0 spiro atoms. The second-order valence-electron chi connectivity index (χ2n) is 8.58. The summed E-state index contributed by atoms with van der Waals surface area (Å²) in [6, 6.07) is 9.42. The van der Waals surface area contributed by atoms with Crippen molar-refractivity contribution in [3.8, 4) is 0 Å². The summed E-state index contributed by atoms with van der Waals surface area (Å²) in [6.07, 6.45) is 14.0. The standard InChI is InChI=1S/C27H28N4O3S/c1-3-34-27(33)24-29-31(21-12-8-5-9-13-21)26(35-24)22-23(19-16-14-18(2)15-17-19)28-30(25(22)32)20-10-6-4-7-11-20/h4,6-8,10-14,16-18,27,33H,3,5,9,15H2,1-2H3/b26-22+. The van der Waals surface area contributed by atoms with Gasteiger partial charge in [0, 0.05) is 6.61 Å². The number of benzene rings is 1. The lowest BCUT2D eigenvalue weighted by Gasteiger charge is -2.21. The molecule has 2 atom stereocenters. The summed E-state index contributed by atoms with van der Waals surface area (Å²) in [4.78, 5) is 13.9. The summed E-state index contributed by atoms with van der Waals surface area (Å²) in [7, 11) is 0. The van der Waals surface area contributed by atoms with Crippen LogP contribution in [0.4, 0.5) is 5.69 Å². The third-order valence-corrected chi connectivity index (χ3v) is 7.06. The van der Waals surface area contributed by atoms with Crippen molar-refractivity contribution < 1.29 is 14.6 Å². The zero-order valence-corrected chi connectivity index (χ0v) is 20.6. The minimum absolute atomic E-state index is 0.227. The molecule has 0 saturated carbocycles. The van der Waals surface area contributed by atoms with E-state index in [1.54, 1.807) is 5.01 Å². The molecule has 35 heavy (non-hydrogen) atoms. The molecule has 4 aliphatic rings. The zero-order chi connectivity index (χ0) is 24.4. The van der Waals surface area contributed by atoms with Crippen LogP contribution in [0.15, 0.2) is 98.9 Å². The van der Waals surface area contributed by atoms with Gasteiger partial charge in [0.15, 0.2) is 5.04 Å². The maximum atomic E-state index is 13.9. The van der Waals surface area contributed by atoms with E-state index in [0.29, 0.717) is 39.6 Å². The highest BCUT2D eigenvalue weighted by molar-refractivity contribution is 8.17. The van der Waals surface area contributed by atoms with E-state index in [-0.39, 0.29) is 5.91 Å². The van der Waals surface area contributed by atoms with E-state index in [0.717, 1.165) is 30.5 Å². The molecule has 5 rings (SSSR count). The molecule has 0 radical (unpaired) electrons. The highest BCUT2D eigenvalue weighted by Crippen LogP contribution is 2.42. The Morgan fingerprint density at radius 2 is 1.97 bits per heavy atom. The zero-order valence-electron chi connectivity index (χ0n) is 19.8. The lowest BCUT2D eigenvalue weighted by Crippen LogP contribution is -2.25. The Hall–Kier alpha value is -3.20. The molecule has 1 aromatic carbocycles. The third kappa shape index (κ3) is 4.69. The Labute approximate surface area is 209 Å². The van der Waals surface area contributed by atoms with Crippen molar-refractivity contribution in [3.63, 3.8) is 0 Å². The quantitative estimate of drug-likeness (QED) is 0.447. The van der Waals surface area contributed by atoms with Gasteiger partial charge in [-0.25, -0.2) is 5.01 Å². The average molecular weight is 489 g/mol. The van der Waals surface area contributed by atoms with E-state index in [4.69, 9.17) is 9.84 Å². The summed E-state index contributed by atoms with van der Waals surface area (Å²) in [5.74, 6) is 0.207. The van der Waals surface area contributed by atoms with E-state index in [1.807, 2.05) is 49.4 Å². The first-order valence-electron chi connectivity index (χ1n) is 11.9. The number of anilines is 1. The van der Waals surface area contributed by atoms with Crippen molar-refractivity contribution >= 4 is 34.1 Å². The van der Waals surface area contributed by atoms with Crippen LogP contribution in [0, 0.1) is 5.92 Å². The second kappa shape index (κ2) is 10.2. The summed E-state index contributed by atoms with van der Waals surface area (Å²) in [6.45, 7) is 4.32. The molecular weight excluding hydrogens is 460 g/mol. The third-order valence-electron chi connectivity index (χ3n) is 5.99. The normalized spacial score (nSPS) is 25.0. The number of hydrogen-bond donors (Lipinski definition) is 1. The van der Waals surface area contributed by atoms with Gasteiger partial charge >= 0.3 is 0 Å². The number of para-hydroxylation sites is 1. The predicted octanol–water partition coefficient (Wildman–Crippen LogP) is 5.07. The van der Waals surface area contributed by atoms with Gasteiger partial charge in [0.2, 0.25) is 6.29 Å². The number of thioether (sulfide) groups is 1. The summed E-state index contributed by atoms with van der Waals surface area (Å²) < 4.78 is 5.41. The number of nitrogens with zero attached hydrogens (tertiary/aromatic N) is 4. The van der Waals surface area contributed by atoms with Crippen LogP contribution in [0.5, 0.6) is 0 Å². The molecule has 0 aromatic heterocycles. The van der Waals surface area contributed by atoms with Gasteiger partial charge in [0.25, 0.3) is 5.91 Å². The van der Waals surface area contributed by atoms with Crippen LogP contribution in [0.2, 0.25) is 0 Å². The Morgan fingerprint density at radius 1 is 1.14 bits per heavy atom. The Balaban J connectivity index is 1.63. The maximum absolute atomic E-state index is 13.9. The van der Waals surface area contributed by atoms with Crippen LogP contribution in [0.25, 0.3) is 0 Å². The number of aliphatic hydroxyl groups excluding tert-OH is 1. The number of hydrazone groups is 2. The Bertz CT molecular complexity index is 1230. The number of carbonyl (C=O) groups is 1. The van der Waals surface area contributed by atoms with Crippen LogP contribution >= 0.6 is 11.8 Å². The molecule has 7 nitrogen and oxygen atoms in total. The first-order chi connectivity index (χ1) is 17.1. The van der Waals surface area contributed by atoms with Crippen molar-refractivity contribution in [3.05, 3.63) is 88.7 Å². The summed E-state index contributed by atoms with van der Waals surface area (Å²) >= 11 is 1.25. The van der Waals surface area contributed by atoms with Gasteiger partial charge in [-0.15, -0.1) is 0 Å². The van der Waals surface area contributed by atoms with Crippen molar-refractivity contribution in [1.82, 2.24) is 5.01 Å². The maximum Gasteiger partial charge on any atom is 0.283 e. The largest absolute Gasteiger partial charge is 0.363 e. The van der Waals surface area contributed by atoms with E-state index in [1.165, 1.54) is 16.8 Å². The number of amides is 1. The number of hydrogen-bond acceptors (Lipinski definition) is 7. The van der Waals surface area contributed by atoms with Crippen LogP contribution in [-0.4, -0.2) is 39.7 Å². The fourth-order valence-electron chi connectivity index (χ4n) is 4.17. The molecule has 180 valence electrons. The van der Waals surface area contributed by atoms with Gasteiger partial charge in [0.05, 0.1) is 11.4 Å². The van der Waals surface area contributed by atoms with Crippen LogP contribution < -0.4 is 5.01 Å². The highest BCUT2D eigenvalue weighted by Gasteiger charge is 2.41. The Morgan fingerprint density at radius 3 is 2.66 bits per heavy atom. The number of ether oxygens (including phenoxy) is 1. The van der Waals surface area contributed by atoms with Crippen molar-refractivity contribution in [2.24, 2.45) is 16.1 Å². The monoisotopic (exact) mass is 488 g/mol. The first-order valence-corrected chi connectivity index (χ1v) is 12.7. The average Bonchev–Trinajstić information content (AvgIpc) is 3.47. The molecule has 2 heterocycles. The summed E-state index contributed by atoms with van der Waals surface area (Å²) in [5, 5.41) is 24.2. The van der Waals surface area contributed by atoms with E-state index in [9.17, 15) is 9.90 Å². The first kappa shape index (κ1) is 23.5. The number of carbonyl (C=O) groups excluding carboxylic acids is 1. The van der Waals surface area contributed by atoms with Crippen LogP contribution in [0.1, 0.15) is 33.1 Å². The molecule has 0 fully saturated rings. The SMILES string of the molecule is CCOC(O)C1=NN(C2=CCCC=C2)/C(=C2\C(=O)N(c3ccccc3)N=C2C2=CCC(C)C=C2)S1. The number of rotatable bonds is 6. The lowest BCUT2D eigenvalue weighted by molar-refractivity contribution is -0.114. The molecule has 0 saturated heterocycles. The molecule has 1 N–H and O–H groups in total. The van der Waals surface area contributed by atoms with Gasteiger partial charge in [-0.3, -0.25) is 4.79 Å². The van der Waals surface area contributed by atoms with Crippen LogP contribution in [-0.2, 0) is 9.53 Å². The van der Waals surface area contributed by atoms with Gasteiger partial charge in [-0.1, -0.05) is 55.5 Å². The minimum atomic E-state index is -1.17. The molecule has 8 heteroatoms. The lowest BCUT2D eigenvalue weighted by atomic mass is 9.93. The van der Waals surface area contributed by atoms with Crippen molar-refractivity contribution in [2.75, 3.05) is 11.6 Å². The molecule has 2 aliphatic carbocycles. The second-order valence-corrected chi connectivity index (χ2v) is 9.59. The summed E-state index contributed by atoms with van der Waals surface area (Å²) in [5.41, 5.74) is 3.53. The van der Waals surface area contributed by atoms with Gasteiger partial charge in [0.1, 0.15) is 16.3 Å². The van der Waals surface area contributed by atoms with Gasteiger partial charge in [-0.2, -0.15) is 15.2 Å². The molecule has 1 aromatic rings. The molecule has 0 bridgehead atoms. The fourth-order valence-corrected chi connectivity index (χ4v) is 5.18. The highest BCUT2D eigenvalue weighted by atomic mass is 32.2. The Kier molecular flexibility index (Phi) is 6.86. The molecule has 2 aliphatic heterocycles. The van der Waals surface area contributed by atoms with Crippen molar-refractivity contribution in [2.45, 2.75) is 39.4 Å².